The molecule has 0 atom stereocenters. The fourth-order valence-corrected chi connectivity index (χ4v) is 2.42. The zero-order valence-electron chi connectivity index (χ0n) is 15.0. The van der Waals surface area contributed by atoms with E-state index in [1.54, 1.807) is 0 Å². The van der Waals surface area contributed by atoms with Gasteiger partial charge in [0.15, 0.2) is 0 Å². The van der Waals surface area contributed by atoms with E-state index in [-0.39, 0.29) is 0 Å². The first-order chi connectivity index (χ1) is 12.7. The van der Waals surface area contributed by atoms with Gasteiger partial charge in [-0.2, -0.15) is 0 Å². The van der Waals surface area contributed by atoms with Gasteiger partial charge in [-0.25, -0.2) is 0 Å². The zero-order chi connectivity index (χ0) is 22.5. The smallest absolute Gasteiger partial charge is 0.317 e. The molecule has 0 amide bonds. The molecule has 0 radical (unpaired) electrons. The average molecular weight is 410 g/mol. The third-order valence-corrected chi connectivity index (χ3v) is 3.54. The minimum absolute atomic E-state index is 0.597. The summed E-state index contributed by atoms with van der Waals surface area (Å²) in [6.07, 6.45) is -4.37. The van der Waals surface area contributed by atoms with Gasteiger partial charge in [0.2, 0.25) is 0 Å². The Morgan fingerprint density at radius 2 is 0.964 bits per heavy atom. The van der Waals surface area contributed by atoms with Gasteiger partial charge in [0.25, 0.3) is 0 Å². The van der Waals surface area contributed by atoms with Gasteiger partial charge in [0.1, 0.15) is 0 Å². The standard InChI is InChI=1S/C12H18N2O10.C2H8N2/c13-11(1-6(15)16,2-7(17)18)12(3-8(19)20,4-9(21)22)14-5-10(23)24;3-1-2-4/h14H,1-5,13H2,(H,15,16)(H,17,18)(H,19,20)(H,21,22)(H,23,24);1-4H2. The Labute approximate surface area is 159 Å². The molecule has 14 nitrogen and oxygen atoms in total. The lowest BCUT2D eigenvalue weighted by atomic mass is 9.68. The van der Waals surface area contributed by atoms with E-state index in [1.165, 1.54) is 0 Å². The second-order valence-corrected chi connectivity index (χ2v) is 5.84. The molecule has 0 bridgehead atoms. The van der Waals surface area contributed by atoms with Crippen molar-refractivity contribution < 1.29 is 49.5 Å². The summed E-state index contributed by atoms with van der Waals surface area (Å²) < 4.78 is 0. The van der Waals surface area contributed by atoms with Gasteiger partial charge in [0, 0.05) is 13.1 Å². The van der Waals surface area contributed by atoms with E-state index in [1.807, 2.05) is 0 Å². The molecule has 0 aromatic carbocycles. The highest BCUT2D eigenvalue weighted by Crippen LogP contribution is 2.34. The van der Waals surface area contributed by atoms with Crippen LogP contribution in [-0.2, 0) is 24.0 Å². The van der Waals surface area contributed by atoms with Gasteiger partial charge in [-0.15, -0.1) is 0 Å². The van der Waals surface area contributed by atoms with Crippen LogP contribution in [0.4, 0.5) is 0 Å². The van der Waals surface area contributed by atoms with Crippen LogP contribution >= 0.6 is 0 Å². The highest BCUT2D eigenvalue weighted by Gasteiger charge is 2.53. The maximum absolute atomic E-state index is 11.1. The summed E-state index contributed by atoms with van der Waals surface area (Å²) in [5.41, 5.74) is 10.9. The topological polar surface area (TPSA) is 277 Å². The zero-order valence-corrected chi connectivity index (χ0v) is 15.0. The van der Waals surface area contributed by atoms with Gasteiger partial charge in [-0.3, -0.25) is 29.3 Å². The Morgan fingerprint density at radius 3 is 1.18 bits per heavy atom. The molecule has 0 unspecified atom stereocenters. The van der Waals surface area contributed by atoms with Gasteiger partial charge in [0.05, 0.1) is 43.3 Å². The van der Waals surface area contributed by atoms with Crippen LogP contribution in [0.15, 0.2) is 0 Å². The van der Waals surface area contributed by atoms with Crippen molar-refractivity contribution in [1.29, 1.82) is 0 Å². The summed E-state index contributed by atoms with van der Waals surface area (Å²) >= 11 is 0. The summed E-state index contributed by atoms with van der Waals surface area (Å²) in [4.78, 5) is 55.1. The number of rotatable bonds is 13. The van der Waals surface area contributed by atoms with Crippen molar-refractivity contribution in [2.45, 2.75) is 36.8 Å². The summed E-state index contributed by atoms with van der Waals surface area (Å²) in [6.45, 7) is 0.249. The predicted octanol–water partition coefficient (Wildman–Crippen LogP) is -3.10. The van der Waals surface area contributed by atoms with Gasteiger partial charge in [-0.1, -0.05) is 0 Å². The van der Waals surface area contributed by atoms with Crippen molar-refractivity contribution in [3.8, 4) is 0 Å². The predicted molar refractivity (Wildman–Crippen MR) is 92.4 cm³/mol. The van der Waals surface area contributed by atoms with E-state index < -0.39 is 73.2 Å². The normalized spacial score (nSPS) is 11.1. The van der Waals surface area contributed by atoms with Crippen LogP contribution in [0.3, 0.4) is 0 Å². The third-order valence-electron chi connectivity index (χ3n) is 3.54. The molecule has 0 heterocycles. The van der Waals surface area contributed by atoms with E-state index in [0.29, 0.717) is 13.1 Å². The second-order valence-electron chi connectivity index (χ2n) is 5.84. The van der Waals surface area contributed by atoms with Crippen LogP contribution in [0, 0.1) is 0 Å². The lowest BCUT2D eigenvalue weighted by Crippen LogP contribution is -2.71. The molecule has 14 heteroatoms. The molecule has 0 saturated carbocycles. The number of carboxylic acid groups (broad SMARTS) is 5. The van der Waals surface area contributed by atoms with Crippen molar-refractivity contribution in [3.05, 3.63) is 0 Å². The first-order valence-electron chi connectivity index (χ1n) is 7.78. The van der Waals surface area contributed by atoms with E-state index in [4.69, 9.17) is 42.7 Å². The summed E-state index contributed by atoms with van der Waals surface area (Å²) in [5, 5.41) is 46.9. The van der Waals surface area contributed by atoms with Crippen molar-refractivity contribution >= 4 is 29.8 Å². The Hall–Kier alpha value is -2.81. The van der Waals surface area contributed by atoms with Gasteiger partial charge >= 0.3 is 29.8 Å². The summed E-state index contributed by atoms with van der Waals surface area (Å²) in [6, 6.07) is 0. The second kappa shape index (κ2) is 12.6. The number of carboxylic acids is 5. The first kappa shape index (κ1) is 27.4. The Balaban J connectivity index is 0. The fraction of sp³-hybridized carbons (Fsp3) is 0.643. The molecule has 0 aromatic heterocycles. The third kappa shape index (κ3) is 10.4. The van der Waals surface area contributed by atoms with Crippen LogP contribution in [0.1, 0.15) is 25.7 Å². The van der Waals surface area contributed by atoms with Crippen LogP contribution in [-0.4, -0.2) is 86.1 Å². The van der Waals surface area contributed by atoms with E-state index >= 15 is 0 Å². The van der Waals surface area contributed by atoms with Crippen molar-refractivity contribution in [1.82, 2.24) is 5.32 Å². The number of hydrogen-bond acceptors (Lipinski definition) is 9. The Morgan fingerprint density at radius 1 is 0.643 bits per heavy atom. The molecule has 0 aliphatic heterocycles. The largest absolute Gasteiger partial charge is 0.481 e. The Kier molecular flexibility index (Phi) is 12.3. The average Bonchev–Trinajstić information content (AvgIpc) is 2.50. The molecule has 0 aliphatic carbocycles. The quantitative estimate of drug-likeness (QED) is 0.145. The molecular formula is C14H26N4O10. The summed E-state index contributed by atoms with van der Waals surface area (Å²) in [7, 11) is 0. The maximum atomic E-state index is 11.1. The number of nitrogens with one attached hydrogen (secondary N) is 1. The van der Waals surface area contributed by atoms with Gasteiger partial charge in [-0.05, 0) is 0 Å². The van der Waals surface area contributed by atoms with Crippen LogP contribution in [0.25, 0.3) is 0 Å². The highest BCUT2D eigenvalue weighted by atomic mass is 16.4. The fourth-order valence-electron chi connectivity index (χ4n) is 2.42. The number of carbonyl (C=O) groups is 5. The molecule has 0 aliphatic rings. The monoisotopic (exact) mass is 410 g/mol. The molecule has 0 spiro atoms. The molecule has 28 heavy (non-hydrogen) atoms. The lowest BCUT2D eigenvalue weighted by Gasteiger charge is -2.46. The van der Waals surface area contributed by atoms with Crippen LogP contribution in [0.2, 0.25) is 0 Å². The Bertz CT molecular complexity index is 546. The number of nitrogens with two attached hydrogens (primary N) is 3. The maximum Gasteiger partial charge on any atom is 0.317 e. The van der Waals surface area contributed by atoms with E-state index in [2.05, 4.69) is 5.32 Å². The lowest BCUT2D eigenvalue weighted by molar-refractivity contribution is -0.152. The highest BCUT2D eigenvalue weighted by molar-refractivity contribution is 5.79. The molecule has 162 valence electrons. The minimum atomic E-state index is -2.38. The van der Waals surface area contributed by atoms with Crippen molar-refractivity contribution in [2.24, 2.45) is 17.2 Å². The molecule has 0 saturated heterocycles. The SMILES string of the molecule is NC(CC(=O)O)(CC(=O)O)C(CC(=O)O)(CC(=O)O)NCC(=O)O.NCCN. The molecule has 0 rings (SSSR count). The molecular weight excluding hydrogens is 384 g/mol. The molecule has 0 aromatic rings. The van der Waals surface area contributed by atoms with Gasteiger partial charge < -0.3 is 42.7 Å². The minimum Gasteiger partial charge on any atom is -0.481 e. The number of hydrogen-bond donors (Lipinski definition) is 9. The van der Waals surface area contributed by atoms with E-state index in [9.17, 15) is 24.0 Å². The first-order valence-corrected chi connectivity index (χ1v) is 7.78. The van der Waals surface area contributed by atoms with Crippen molar-refractivity contribution in [3.63, 3.8) is 0 Å². The van der Waals surface area contributed by atoms with Crippen LogP contribution in [0.5, 0.6) is 0 Å². The van der Waals surface area contributed by atoms with Crippen molar-refractivity contribution in [2.75, 3.05) is 19.6 Å². The van der Waals surface area contributed by atoms with Crippen LogP contribution < -0.4 is 22.5 Å². The summed E-state index contributed by atoms with van der Waals surface area (Å²) in [5.74, 6) is -7.92. The molecule has 12 N–H and O–H groups in total. The van der Waals surface area contributed by atoms with E-state index in [0.717, 1.165) is 0 Å². The number of aliphatic carboxylic acids is 5. The molecule has 0 fully saturated rings.